The quantitative estimate of drug-likeness (QED) is 0.832. The number of alkyl halides is 2. The zero-order valence-electron chi connectivity index (χ0n) is 14.0. The SMILES string of the molecule is Cl.O=C(Nc1ccc(F)cc1)C1CCN(C(=O)C2CC(F)(F)CN2)CC1. The van der Waals surface area contributed by atoms with E-state index in [4.69, 9.17) is 0 Å². The smallest absolute Gasteiger partial charge is 0.262 e. The summed E-state index contributed by atoms with van der Waals surface area (Å²) in [5.74, 6) is -3.98. The first-order valence-corrected chi connectivity index (χ1v) is 8.30. The first-order chi connectivity index (χ1) is 11.8. The van der Waals surface area contributed by atoms with Crippen molar-refractivity contribution in [3.63, 3.8) is 0 Å². The van der Waals surface area contributed by atoms with Crippen molar-refractivity contribution in [3.05, 3.63) is 30.1 Å². The molecule has 3 rings (SSSR count). The highest BCUT2D eigenvalue weighted by atomic mass is 35.5. The lowest BCUT2D eigenvalue weighted by Gasteiger charge is -2.33. The Balaban J connectivity index is 0.00000243. The zero-order valence-corrected chi connectivity index (χ0v) is 14.8. The molecule has 2 aliphatic rings. The number of likely N-dealkylation sites (tertiary alicyclic amines) is 1. The molecule has 2 aliphatic heterocycles. The van der Waals surface area contributed by atoms with Crippen LogP contribution in [0.1, 0.15) is 19.3 Å². The minimum absolute atomic E-state index is 0. The minimum atomic E-state index is -2.84. The molecule has 1 unspecified atom stereocenters. The number of hydrogen-bond acceptors (Lipinski definition) is 3. The summed E-state index contributed by atoms with van der Waals surface area (Å²) in [5.41, 5.74) is 0.516. The molecule has 0 bridgehead atoms. The predicted molar refractivity (Wildman–Crippen MR) is 92.9 cm³/mol. The van der Waals surface area contributed by atoms with Crippen LogP contribution in [0.4, 0.5) is 18.9 Å². The summed E-state index contributed by atoms with van der Waals surface area (Å²) in [6.45, 7) is 0.258. The molecule has 9 heteroatoms. The van der Waals surface area contributed by atoms with Crippen LogP contribution in [-0.2, 0) is 9.59 Å². The molecule has 144 valence electrons. The Morgan fingerprint density at radius 3 is 2.31 bits per heavy atom. The Morgan fingerprint density at radius 2 is 1.77 bits per heavy atom. The summed E-state index contributed by atoms with van der Waals surface area (Å²) in [6, 6.07) is 4.65. The number of hydrogen-bond donors (Lipinski definition) is 2. The standard InChI is InChI=1S/C17H20F3N3O2.ClH/c18-12-1-3-13(4-2-12)22-15(24)11-5-7-23(8-6-11)16(25)14-9-17(19,20)10-21-14;/h1-4,11,14,21H,5-10H2,(H,22,24);1H. The van der Waals surface area contributed by atoms with Gasteiger partial charge in [-0.15, -0.1) is 12.4 Å². The maximum absolute atomic E-state index is 13.2. The van der Waals surface area contributed by atoms with E-state index in [1.165, 1.54) is 24.3 Å². The number of halogens is 4. The minimum Gasteiger partial charge on any atom is -0.341 e. The van der Waals surface area contributed by atoms with Gasteiger partial charge in [-0.25, -0.2) is 13.2 Å². The van der Waals surface area contributed by atoms with E-state index in [2.05, 4.69) is 10.6 Å². The van der Waals surface area contributed by atoms with Crippen LogP contribution in [0.2, 0.25) is 0 Å². The second kappa shape index (κ2) is 8.26. The van der Waals surface area contributed by atoms with Crippen LogP contribution in [0.15, 0.2) is 24.3 Å². The van der Waals surface area contributed by atoms with Crippen LogP contribution in [0.3, 0.4) is 0 Å². The van der Waals surface area contributed by atoms with Crippen LogP contribution in [0.5, 0.6) is 0 Å². The van der Waals surface area contributed by atoms with E-state index in [1.54, 1.807) is 4.90 Å². The fourth-order valence-electron chi connectivity index (χ4n) is 3.25. The van der Waals surface area contributed by atoms with Crippen molar-refractivity contribution >= 4 is 29.9 Å². The van der Waals surface area contributed by atoms with Crippen LogP contribution >= 0.6 is 12.4 Å². The summed E-state index contributed by atoms with van der Waals surface area (Å²) in [6.07, 6.45) is 0.473. The summed E-state index contributed by atoms with van der Waals surface area (Å²) >= 11 is 0. The molecule has 0 spiro atoms. The van der Waals surface area contributed by atoms with Gasteiger partial charge in [-0.05, 0) is 37.1 Å². The zero-order chi connectivity index (χ0) is 18.0. The van der Waals surface area contributed by atoms with Crippen molar-refractivity contribution in [2.24, 2.45) is 5.92 Å². The summed E-state index contributed by atoms with van der Waals surface area (Å²) in [4.78, 5) is 26.1. The average molecular weight is 392 g/mol. The maximum atomic E-state index is 13.2. The molecule has 1 atom stereocenters. The van der Waals surface area contributed by atoms with Crippen LogP contribution < -0.4 is 10.6 Å². The van der Waals surface area contributed by atoms with Gasteiger partial charge >= 0.3 is 0 Å². The van der Waals surface area contributed by atoms with Crippen LogP contribution in [-0.4, -0.2) is 48.3 Å². The van der Waals surface area contributed by atoms with Gasteiger partial charge in [0.25, 0.3) is 5.92 Å². The van der Waals surface area contributed by atoms with Gasteiger partial charge in [-0.3, -0.25) is 14.9 Å². The molecule has 0 radical (unpaired) electrons. The number of piperidine rings is 1. The summed E-state index contributed by atoms with van der Waals surface area (Å²) in [5, 5.41) is 5.29. The normalized spacial score (nSPS) is 22.6. The van der Waals surface area contributed by atoms with E-state index in [-0.39, 0.29) is 36.0 Å². The number of nitrogens with one attached hydrogen (secondary N) is 2. The molecule has 2 amide bonds. The fraction of sp³-hybridized carbons (Fsp3) is 0.529. The Morgan fingerprint density at radius 1 is 1.15 bits per heavy atom. The van der Waals surface area contributed by atoms with Gasteiger partial charge < -0.3 is 10.2 Å². The predicted octanol–water partition coefficient (Wildman–Crippen LogP) is 2.42. The van der Waals surface area contributed by atoms with Gasteiger partial charge in [0.2, 0.25) is 11.8 Å². The van der Waals surface area contributed by atoms with Crippen LogP contribution in [0, 0.1) is 11.7 Å². The molecule has 5 nitrogen and oxygen atoms in total. The second-order valence-corrected chi connectivity index (χ2v) is 6.59. The number of amides is 2. The molecule has 1 aromatic carbocycles. The molecule has 2 saturated heterocycles. The largest absolute Gasteiger partial charge is 0.341 e. The summed E-state index contributed by atoms with van der Waals surface area (Å²) in [7, 11) is 0. The van der Waals surface area contributed by atoms with Crippen LogP contribution in [0.25, 0.3) is 0 Å². The summed E-state index contributed by atoms with van der Waals surface area (Å²) < 4.78 is 39.3. The molecule has 2 N–H and O–H groups in total. The molecule has 0 saturated carbocycles. The number of rotatable bonds is 3. The van der Waals surface area contributed by atoms with Crippen molar-refractivity contribution in [2.75, 3.05) is 25.0 Å². The highest BCUT2D eigenvalue weighted by Gasteiger charge is 2.44. The van der Waals surface area contributed by atoms with Gasteiger partial charge in [-0.2, -0.15) is 0 Å². The number of carbonyl (C=O) groups is 2. The Hall–Kier alpha value is -1.80. The lowest BCUT2D eigenvalue weighted by atomic mass is 9.95. The van der Waals surface area contributed by atoms with E-state index < -0.39 is 24.9 Å². The van der Waals surface area contributed by atoms with Crippen molar-refractivity contribution in [1.82, 2.24) is 10.2 Å². The molecule has 0 aliphatic carbocycles. The molecule has 2 fully saturated rings. The monoisotopic (exact) mass is 391 g/mol. The van der Waals surface area contributed by atoms with Crippen molar-refractivity contribution < 1.29 is 22.8 Å². The number of nitrogens with zero attached hydrogens (tertiary/aromatic N) is 1. The molecular weight excluding hydrogens is 371 g/mol. The number of anilines is 1. The van der Waals surface area contributed by atoms with Gasteiger partial charge in [0.05, 0.1) is 12.6 Å². The van der Waals surface area contributed by atoms with Crippen molar-refractivity contribution in [1.29, 1.82) is 0 Å². The molecule has 26 heavy (non-hydrogen) atoms. The van der Waals surface area contributed by atoms with E-state index in [0.717, 1.165) is 0 Å². The third kappa shape index (κ3) is 4.88. The first-order valence-electron chi connectivity index (χ1n) is 8.30. The van der Waals surface area contributed by atoms with E-state index >= 15 is 0 Å². The van der Waals surface area contributed by atoms with Gasteiger partial charge in [-0.1, -0.05) is 0 Å². The first kappa shape index (κ1) is 20.5. The molecule has 1 aromatic rings. The maximum Gasteiger partial charge on any atom is 0.262 e. The highest BCUT2D eigenvalue weighted by Crippen LogP contribution is 2.27. The van der Waals surface area contributed by atoms with Gasteiger partial charge in [0.1, 0.15) is 5.82 Å². The average Bonchev–Trinajstić information content (AvgIpc) is 2.96. The molecule has 0 aromatic heterocycles. The van der Waals surface area contributed by atoms with Crippen molar-refractivity contribution in [3.8, 4) is 0 Å². The lowest BCUT2D eigenvalue weighted by Crippen LogP contribution is -2.48. The van der Waals surface area contributed by atoms with Crippen molar-refractivity contribution in [2.45, 2.75) is 31.2 Å². The Bertz CT molecular complexity index is 649. The van der Waals surface area contributed by atoms with E-state index in [1.807, 2.05) is 0 Å². The van der Waals surface area contributed by atoms with Gasteiger partial charge in [0, 0.05) is 31.1 Å². The molecule has 2 heterocycles. The molecular formula is C17H21ClF3N3O2. The second-order valence-electron chi connectivity index (χ2n) is 6.59. The number of benzene rings is 1. The lowest BCUT2D eigenvalue weighted by molar-refractivity contribution is -0.136. The Labute approximate surface area is 155 Å². The topological polar surface area (TPSA) is 61.4 Å². The third-order valence-electron chi connectivity index (χ3n) is 4.70. The van der Waals surface area contributed by atoms with Gasteiger partial charge in [0.15, 0.2) is 0 Å². The Kier molecular flexibility index (Phi) is 6.52. The fourth-order valence-corrected chi connectivity index (χ4v) is 3.25. The number of carbonyl (C=O) groups excluding carboxylic acids is 2. The van der Waals surface area contributed by atoms with E-state index in [0.29, 0.717) is 31.6 Å². The van der Waals surface area contributed by atoms with E-state index in [9.17, 15) is 22.8 Å². The highest BCUT2D eigenvalue weighted by molar-refractivity contribution is 5.92. The third-order valence-corrected chi connectivity index (χ3v) is 4.70.